The molecule has 1 heterocycles. The second-order valence-corrected chi connectivity index (χ2v) is 6.95. The standard InChI is InChI=1S/C17H23NO3S/c1-2-22-11-9-16(19)18-10-3-4-15(12-18)13-5-7-14(8-6-13)17(20)21/h5-8,15H,2-4,9-12H2,1H3,(H,20,21)/t15-/m0/s1. The molecule has 1 saturated heterocycles. The number of hydrogen-bond donors (Lipinski definition) is 1. The van der Waals surface area contributed by atoms with E-state index in [9.17, 15) is 9.59 Å². The predicted octanol–water partition coefficient (Wildman–Crippen LogP) is 3.23. The van der Waals surface area contributed by atoms with Gasteiger partial charge in [-0.05, 0) is 36.3 Å². The number of piperidine rings is 1. The van der Waals surface area contributed by atoms with Crippen LogP contribution < -0.4 is 0 Å². The molecular weight excluding hydrogens is 298 g/mol. The third-order valence-corrected chi connectivity index (χ3v) is 4.97. The minimum Gasteiger partial charge on any atom is -0.478 e. The van der Waals surface area contributed by atoms with E-state index in [1.807, 2.05) is 17.0 Å². The Hall–Kier alpha value is -1.49. The number of carbonyl (C=O) groups excluding carboxylic acids is 1. The van der Waals surface area contributed by atoms with Crippen LogP contribution in [0.25, 0.3) is 0 Å². The van der Waals surface area contributed by atoms with Crippen molar-refractivity contribution in [2.24, 2.45) is 0 Å². The summed E-state index contributed by atoms with van der Waals surface area (Å²) in [6, 6.07) is 7.07. The number of carboxylic acid groups (broad SMARTS) is 1. The van der Waals surface area contributed by atoms with Gasteiger partial charge in [-0.3, -0.25) is 4.79 Å². The SMILES string of the molecule is CCSCCC(=O)N1CCC[C@H](c2ccc(C(=O)O)cc2)C1. The van der Waals surface area contributed by atoms with E-state index in [0.29, 0.717) is 17.9 Å². The molecule has 1 aliphatic rings. The zero-order chi connectivity index (χ0) is 15.9. The normalized spacial score (nSPS) is 18.2. The molecule has 2 rings (SSSR count). The van der Waals surface area contributed by atoms with E-state index >= 15 is 0 Å². The number of carboxylic acids is 1. The predicted molar refractivity (Wildman–Crippen MR) is 89.6 cm³/mol. The van der Waals surface area contributed by atoms with Crippen LogP contribution in [0.3, 0.4) is 0 Å². The van der Waals surface area contributed by atoms with E-state index in [4.69, 9.17) is 5.11 Å². The Balaban J connectivity index is 1.95. The van der Waals surface area contributed by atoms with Crippen molar-refractivity contribution in [3.05, 3.63) is 35.4 Å². The first-order valence-corrected chi connectivity index (χ1v) is 8.96. The highest BCUT2D eigenvalue weighted by Crippen LogP contribution is 2.27. The summed E-state index contributed by atoms with van der Waals surface area (Å²) >= 11 is 1.80. The lowest BCUT2D eigenvalue weighted by Gasteiger charge is -2.33. The number of rotatable bonds is 6. The lowest BCUT2D eigenvalue weighted by Crippen LogP contribution is -2.39. The number of carbonyl (C=O) groups is 2. The highest BCUT2D eigenvalue weighted by molar-refractivity contribution is 7.99. The average molecular weight is 321 g/mol. The van der Waals surface area contributed by atoms with E-state index in [-0.39, 0.29) is 5.91 Å². The van der Waals surface area contributed by atoms with Gasteiger partial charge >= 0.3 is 5.97 Å². The smallest absolute Gasteiger partial charge is 0.335 e. The van der Waals surface area contributed by atoms with Crippen LogP contribution in [0.2, 0.25) is 0 Å². The Labute approximate surface area is 135 Å². The molecule has 120 valence electrons. The number of likely N-dealkylation sites (tertiary alicyclic amines) is 1. The van der Waals surface area contributed by atoms with Crippen LogP contribution in [0.5, 0.6) is 0 Å². The fraction of sp³-hybridized carbons (Fsp3) is 0.529. The monoisotopic (exact) mass is 321 g/mol. The highest BCUT2D eigenvalue weighted by atomic mass is 32.2. The second kappa shape index (κ2) is 8.22. The summed E-state index contributed by atoms with van der Waals surface area (Å²) < 4.78 is 0. The van der Waals surface area contributed by atoms with Crippen LogP contribution in [0.15, 0.2) is 24.3 Å². The molecule has 1 aliphatic heterocycles. The molecule has 0 unspecified atom stereocenters. The Kier molecular flexibility index (Phi) is 6.31. The van der Waals surface area contributed by atoms with Gasteiger partial charge in [0.1, 0.15) is 0 Å². The minimum atomic E-state index is -0.902. The second-order valence-electron chi connectivity index (χ2n) is 5.55. The van der Waals surface area contributed by atoms with E-state index in [0.717, 1.165) is 43.0 Å². The van der Waals surface area contributed by atoms with Crippen molar-refractivity contribution >= 4 is 23.6 Å². The topological polar surface area (TPSA) is 57.6 Å². The number of aromatic carboxylic acids is 1. The fourth-order valence-corrected chi connectivity index (χ4v) is 3.44. The molecule has 4 nitrogen and oxygen atoms in total. The van der Waals surface area contributed by atoms with Gasteiger partial charge in [-0.15, -0.1) is 0 Å². The number of nitrogens with zero attached hydrogens (tertiary/aromatic N) is 1. The van der Waals surface area contributed by atoms with Gasteiger partial charge in [-0.25, -0.2) is 4.79 Å². The van der Waals surface area contributed by atoms with Crippen molar-refractivity contribution in [1.82, 2.24) is 4.90 Å². The van der Waals surface area contributed by atoms with Gasteiger partial charge in [0, 0.05) is 31.2 Å². The first-order chi connectivity index (χ1) is 10.6. The molecule has 1 atom stereocenters. The summed E-state index contributed by atoms with van der Waals surface area (Å²) in [5.41, 5.74) is 1.44. The minimum absolute atomic E-state index is 0.243. The summed E-state index contributed by atoms with van der Waals surface area (Å²) in [7, 11) is 0. The third kappa shape index (κ3) is 4.50. The lowest BCUT2D eigenvalue weighted by molar-refractivity contribution is -0.131. The van der Waals surface area contributed by atoms with Crippen molar-refractivity contribution < 1.29 is 14.7 Å². The zero-order valence-corrected chi connectivity index (χ0v) is 13.8. The largest absolute Gasteiger partial charge is 0.478 e. The maximum absolute atomic E-state index is 12.2. The molecule has 5 heteroatoms. The summed E-state index contributed by atoms with van der Waals surface area (Å²) in [6.45, 7) is 3.70. The summed E-state index contributed by atoms with van der Waals surface area (Å²) in [5.74, 6) is 1.60. The highest BCUT2D eigenvalue weighted by Gasteiger charge is 2.24. The maximum Gasteiger partial charge on any atom is 0.335 e. The summed E-state index contributed by atoms with van der Waals surface area (Å²) in [5, 5.41) is 8.95. The van der Waals surface area contributed by atoms with E-state index in [1.54, 1.807) is 23.9 Å². The van der Waals surface area contributed by atoms with Crippen molar-refractivity contribution in [2.45, 2.75) is 32.1 Å². The molecular formula is C17H23NO3S. The Morgan fingerprint density at radius 1 is 1.32 bits per heavy atom. The Bertz CT molecular complexity index is 515. The van der Waals surface area contributed by atoms with Crippen molar-refractivity contribution in [1.29, 1.82) is 0 Å². The van der Waals surface area contributed by atoms with Crippen LogP contribution in [0, 0.1) is 0 Å². The molecule has 0 bridgehead atoms. The van der Waals surface area contributed by atoms with Crippen LogP contribution in [-0.4, -0.2) is 46.5 Å². The molecule has 1 aromatic rings. The van der Waals surface area contributed by atoms with Gasteiger partial charge in [0.05, 0.1) is 5.56 Å². The molecule has 22 heavy (non-hydrogen) atoms. The molecule has 1 fully saturated rings. The quantitative estimate of drug-likeness (QED) is 0.817. The number of amides is 1. The Morgan fingerprint density at radius 3 is 2.68 bits per heavy atom. The van der Waals surface area contributed by atoms with E-state index in [1.165, 1.54) is 0 Å². The molecule has 1 N–H and O–H groups in total. The van der Waals surface area contributed by atoms with Gasteiger partial charge in [0.15, 0.2) is 0 Å². The molecule has 0 spiro atoms. The van der Waals surface area contributed by atoms with Crippen molar-refractivity contribution in [2.75, 3.05) is 24.6 Å². The molecule has 0 aromatic heterocycles. The van der Waals surface area contributed by atoms with Crippen molar-refractivity contribution in [3.63, 3.8) is 0 Å². The zero-order valence-electron chi connectivity index (χ0n) is 13.0. The number of thioether (sulfide) groups is 1. The number of benzene rings is 1. The summed E-state index contributed by atoms with van der Waals surface area (Å²) in [4.78, 5) is 25.1. The van der Waals surface area contributed by atoms with Crippen LogP contribution in [0.4, 0.5) is 0 Å². The van der Waals surface area contributed by atoms with Gasteiger partial charge in [-0.2, -0.15) is 11.8 Å². The van der Waals surface area contributed by atoms with Gasteiger partial charge in [0.25, 0.3) is 0 Å². The van der Waals surface area contributed by atoms with Gasteiger partial charge in [-0.1, -0.05) is 19.1 Å². The van der Waals surface area contributed by atoms with Crippen LogP contribution in [0.1, 0.15) is 48.0 Å². The molecule has 0 saturated carbocycles. The van der Waals surface area contributed by atoms with E-state index < -0.39 is 5.97 Å². The van der Waals surface area contributed by atoms with Gasteiger partial charge in [0.2, 0.25) is 5.91 Å². The molecule has 1 aromatic carbocycles. The fourth-order valence-electron chi connectivity index (χ4n) is 2.84. The van der Waals surface area contributed by atoms with Crippen LogP contribution >= 0.6 is 11.8 Å². The van der Waals surface area contributed by atoms with E-state index in [2.05, 4.69) is 6.92 Å². The maximum atomic E-state index is 12.2. The summed E-state index contributed by atoms with van der Waals surface area (Å²) in [6.07, 6.45) is 2.68. The van der Waals surface area contributed by atoms with Gasteiger partial charge < -0.3 is 10.0 Å². The average Bonchev–Trinajstić information content (AvgIpc) is 2.55. The first kappa shape index (κ1) is 16.9. The van der Waals surface area contributed by atoms with Crippen LogP contribution in [-0.2, 0) is 4.79 Å². The third-order valence-electron chi connectivity index (χ3n) is 4.07. The Morgan fingerprint density at radius 2 is 2.05 bits per heavy atom. The first-order valence-electron chi connectivity index (χ1n) is 7.80. The number of hydrogen-bond acceptors (Lipinski definition) is 3. The van der Waals surface area contributed by atoms with Crippen molar-refractivity contribution in [3.8, 4) is 0 Å². The molecule has 1 amide bonds. The lowest BCUT2D eigenvalue weighted by atomic mass is 9.90. The molecule has 0 radical (unpaired) electrons. The molecule has 0 aliphatic carbocycles.